The van der Waals surface area contributed by atoms with E-state index in [1.807, 2.05) is 0 Å². The van der Waals surface area contributed by atoms with Gasteiger partial charge < -0.3 is 36.4 Å². The smallest absolute Gasteiger partial charge is 0.338 e. The number of carboxylic acid groups (broad SMARTS) is 1. The van der Waals surface area contributed by atoms with Crippen molar-refractivity contribution >= 4 is 35.5 Å². The lowest BCUT2D eigenvalue weighted by Gasteiger charge is -2.23. The number of aromatic hydroxyl groups is 2. The van der Waals surface area contributed by atoms with E-state index in [4.69, 9.17) is 10.5 Å². The second-order valence-corrected chi connectivity index (χ2v) is 7.19. The number of esters is 1. The molecule has 11 nitrogen and oxygen atoms in total. The fourth-order valence-electron chi connectivity index (χ4n) is 2.52. The number of carboxylic acids is 1. The molecule has 2 amide bonds. The Morgan fingerprint density at radius 2 is 2.03 bits per heavy atom. The fraction of sp³-hybridized carbons (Fsp3) is 0.412. The van der Waals surface area contributed by atoms with Crippen molar-refractivity contribution in [2.45, 2.75) is 24.3 Å². The highest BCUT2D eigenvalue weighted by molar-refractivity contribution is 7.98. The number of hydrogen-bond acceptors (Lipinski definition) is 9. The Balaban J connectivity index is 2.35. The van der Waals surface area contributed by atoms with Crippen LogP contribution in [-0.2, 0) is 24.9 Å². The molecule has 1 heterocycles. The van der Waals surface area contributed by atoms with Crippen LogP contribution in [0.5, 0.6) is 11.5 Å². The van der Waals surface area contributed by atoms with Gasteiger partial charge in [-0.1, -0.05) is 0 Å². The summed E-state index contributed by atoms with van der Waals surface area (Å²) in [6.07, 6.45) is -0.0828. The van der Waals surface area contributed by atoms with Crippen molar-refractivity contribution in [1.82, 2.24) is 10.6 Å². The molecule has 158 valence electrons. The number of fused-ring (bicyclic) bond motifs is 1. The lowest BCUT2D eigenvalue weighted by Crippen LogP contribution is -2.54. The first kappa shape index (κ1) is 22.3. The molecule has 0 bridgehead atoms. The highest BCUT2D eigenvalue weighted by Crippen LogP contribution is 2.31. The van der Waals surface area contributed by atoms with Crippen LogP contribution in [0, 0.1) is 0 Å². The zero-order chi connectivity index (χ0) is 21.6. The minimum absolute atomic E-state index is 0.0281. The second kappa shape index (κ2) is 9.98. The molecule has 2 atom stereocenters. The number of phenols is 2. The molecule has 29 heavy (non-hydrogen) atoms. The van der Waals surface area contributed by atoms with Crippen molar-refractivity contribution < 1.29 is 39.2 Å². The molecule has 0 aromatic heterocycles. The summed E-state index contributed by atoms with van der Waals surface area (Å²) in [6.45, 7) is -0.559. The summed E-state index contributed by atoms with van der Waals surface area (Å²) in [7, 11) is 0. The molecule has 0 spiro atoms. The third-order valence-electron chi connectivity index (χ3n) is 3.98. The van der Waals surface area contributed by atoms with Crippen molar-refractivity contribution in [2.75, 3.05) is 18.9 Å². The summed E-state index contributed by atoms with van der Waals surface area (Å²) in [5.41, 5.74) is 5.32. The molecule has 1 aromatic rings. The van der Waals surface area contributed by atoms with Gasteiger partial charge in [0.05, 0.1) is 5.56 Å². The maximum Gasteiger partial charge on any atom is 0.338 e. The second-order valence-electron chi connectivity index (χ2n) is 6.16. The number of ether oxygens (including phenoxy) is 1. The fourth-order valence-corrected chi connectivity index (χ4v) is 3.61. The number of phenolic OH excluding ortho intramolecular Hbond substituents is 2. The number of thioether (sulfide) groups is 1. The van der Waals surface area contributed by atoms with E-state index in [2.05, 4.69) is 10.6 Å². The summed E-state index contributed by atoms with van der Waals surface area (Å²) in [4.78, 5) is 48.2. The van der Waals surface area contributed by atoms with E-state index in [0.29, 0.717) is 0 Å². The molecule has 0 saturated heterocycles. The predicted molar refractivity (Wildman–Crippen MR) is 101 cm³/mol. The minimum atomic E-state index is -1.35. The van der Waals surface area contributed by atoms with Gasteiger partial charge in [0.2, 0.25) is 11.8 Å². The molecule has 0 unspecified atom stereocenters. The number of carbonyl (C=O) groups is 4. The molecule has 0 radical (unpaired) electrons. The number of aliphatic carboxylic acids is 1. The van der Waals surface area contributed by atoms with E-state index in [1.165, 1.54) is 0 Å². The molecule has 7 N–H and O–H groups in total. The number of nitrogens with two attached hydrogens (primary N) is 1. The molecule has 0 aliphatic carbocycles. The van der Waals surface area contributed by atoms with Gasteiger partial charge in [0, 0.05) is 36.1 Å². The number of cyclic esters (lactones) is 1. The van der Waals surface area contributed by atoms with E-state index < -0.39 is 42.4 Å². The lowest BCUT2D eigenvalue weighted by molar-refractivity contribution is -0.141. The van der Waals surface area contributed by atoms with Crippen LogP contribution in [-0.4, -0.2) is 70.1 Å². The number of amides is 2. The molecular weight excluding hydrogens is 406 g/mol. The van der Waals surface area contributed by atoms with E-state index in [1.54, 1.807) is 0 Å². The maximum atomic E-state index is 12.4. The van der Waals surface area contributed by atoms with Gasteiger partial charge in [-0.15, -0.1) is 0 Å². The quantitative estimate of drug-likeness (QED) is 0.322. The van der Waals surface area contributed by atoms with Crippen molar-refractivity contribution in [2.24, 2.45) is 5.73 Å². The SMILES string of the molecule is NCCC(=O)N[C@H]1COC(=O)c2cc(O)cc(O)c2CSC[C@@H](C(=O)O)NC1=O. The predicted octanol–water partition coefficient (Wildman–Crippen LogP) is -1.10. The topological polar surface area (TPSA) is 188 Å². The summed E-state index contributed by atoms with van der Waals surface area (Å²) in [6, 6.07) is -0.483. The molecule has 2 rings (SSSR count). The van der Waals surface area contributed by atoms with Crippen LogP contribution in [0.2, 0.25) is 0 Å². The van der Waals surface area contributed by atoms with Gasteiger partial charge in [0.1, 0.15) is 30.2 Å². The first-order valence-electron chi connectivity index (χ1n) is 8.55. The van der Waals surface area contributed by atoms with E-state index in [0.717, 1.165) is 23.9 Å². The van der Waals surface area contributed by atoms with Gasteiger partial charge in [-0.3, -0.25) is 9.59 Å². The molecule has 1 aliphatic rings. The number of nitrogens with one attached hydrogen (secondary N) is 2. The van der Waals surface area contributed by atoms with Crippen LogP contribution in [0.25, 0.3) is 0 Å². The van der Waals surface area contributed by atoms with Crippen LogP contribution in [0.3, 0.4) is 0 Å². The van der Waals surface area contributed by atoms with Gasteiger partial charge in [-0.2, -0.15) is 11.8 Å². The number of rotatable bonds is 4. The van der Waals surface area contributed by atoms with Crippen molar-refractivity contribution in [3.8, 4) is 11.5 Å². The largest absolute Gasteiger partial charge is 0.508 e. The first-order valence-corrected chi connectivity index (χ1v) is 9.70. The first-order chi connectivity index (χ1) is 13.7. The zero-order valence-corrected chi connectivity index (χ0v) is 16.0. The Morgan fingerprint density at radius 1 is 1.31 bits per heavy atom. The number of benzene rings is 1. The van der Waals surface area contributed by atoms with E-state index >= 15 is 0 Å². The Labute approximate surface area is 169 Å². The Bertz CT molecular complexity index is 816. The average Bonchev–Trinajstić information content (AvgIpc) is 2.64. The van der Waals surface area contributed by atoms with E-state index in [-0.39, 0.29) is 47.1 Å². The van der Waals surface area contributed by atoms with Gasteiger partial charge in [-0.05, 0) is 6.07 Å². The molecule has 1 aliphatic heterocycles. The van der Waals surface area contributed by atoms with Gasteiger partial charge in [-0.25, -0.2) is 9.59 Å². The Morgan fingerprint density at radius 3 is 2.69 bits per heavy atom. The van der Waals surface area contributed by atoms with Gasteiger partial charge in [0.15, 0.2) is 0 Å². The number of hydrogen-bond donors (Lipinski definition) is 6. The van der Waals surface area contributed by atoms with Crippen molar-refractivity contribution in [3.63, 3.8) is 0 Å². The van der Waals surface area contributed by atoms with Gasteiger partial charge >= 0.3 is 11.9 Å². The zero-order valence-electron chi connectivity index (χ0n) is 15.2. The molecule has 0 fully saturated rings. The normalized spacial score (nSPS) is 20.3. The van der Waals surface area contributed by atoms with Crippen LogP contribution < -0.4 is 16.4 Å². The van der Waals surface area contributed by atoms with Crippen LogP contribution in [0.4, 0.5) is 0 Å². The maximum absolute atomic E-state index is 12.4. The standard InChI is InChI=1S/C17H21N3O8S/c18-2-1-14(23)19-11-5-28-17(27)9-3-8(21)4-13(22)10(9)6-29-7-12(16(25)26)20-15(11)24/h3-4,11-12,21-22H,1-2,5-7,18H2,(H,19,23)(H,20,24)(H,25,26)/t11-,12-/m0/s1. The third kappa shape index (κ3) is 5.99. The molecule has 0 saturated carbocycles. The van der Waals surface area contributed by atoms with Crippen LogP contribution in [0.15, 0.2) is 12.1 Å². The summed E-state index contributed by atoms with van der Waals surface area (Å²) in [5, 5.41) is 33.7. The monoisotopic (exact) mass is 427 g/mol. The van der Waals surface area contributed by atoms with Crippen LogP contribution >= 0.6 is 11.8 Å². The highest BCUT2D eigenvalue weighted by Gasteiger charge is 2.29. The average molecular weight is 427 g/mol. The Hall–Kier alpha value is -2.99. The third-order valence-corrected chi connectivity index (χ3v) is 5.04. The Kier molecular flexibility index (Phi) is 7.67. The summed E-state index contributed by atoms with van der Waals surface area (Å²) in [5.74, 6) is -4.39. The molecular formula is C17H21N3O8S. The van der Waals surface area contributed by atoms with Crippen LogP contribution in [0.1, 0.15) is 22.3 Å². The lowest BCUT2D eigenvalue weighted by atomic mass is 10.1. The van der Waals surface area contributed by atoms with Gasteiger partial charge in [0.25, 0.3) is 0 Å². The van der Waals surface area contributed by atoms with Crippen molar-refractivity contribution in [3.05, 3.63) is 23.3 Å². The summed E-state index contributed by atoms with van der Waals surface area (Å²) < 4.78 is 5.08. The molecule has 1 aromatic carbocycles. The van der Waals surface area contributed by atoms with Crippen molar-refractivity contribution in [1.29, 1.82) is 0 Å². The van der Waals surface area contributed by atoms with E-state index in [9.17, 15) is 34.5 Å². The molecule has 12 heteroatoms. The minimum Gasteiger partial charge on any atom is -0.508 e. The number of carbonyl (C=O) groups excluding carboxylic acids is 3. The summed E-state index contributed by atoms with van der Waals surface area (Å²) >= 11 is 1.05. The highest BCUT2D eigenvalue weighted by atomic mass is 32.2.